The van der Waals surface area contributed by atoms with Gasteiger partial charge in [-0.2, -0.15) is 0 Å². The van der Waals surface area contributed by atoms with E-state index in [0.29, 0.717) is 11.8 Å². The average Bonchev–Trinajstić information content (AvgIpc) is 3.37. The maximum atomic E-state index is 13.3. The second-order valence-corrected chi connectivity index (χ2v) is 6.95. The van der Waals surface area contributed by atoms with Crippen LogP contribution >= 0.6 is 0 Å². The number of aryl methyl sites for hydroxylation is 2. The molecule has 0 amide bonds. The van der Waals surface area contributed by atoms with Crippen LogP contribution in [0.2, 0.25) is 0 Å². The number of rotatable bonds is 4. The molecule has 0 saturated heterocycles. The van der Waals surface area contributed by atoms with Gasteiger partial charge in [-0.3, -0.25) is 4.79 Å². The van der Waals surface area contributed by atoms with Crippen LogP contribution in [0.1, 0.15) is 75.7 Å². The van der Waals surface area contributed by atoms with E-state index in [2.05, 4.69) is 26.0 Å². The summed E-state index contributed by atoms with van der Waals surface area (Å²) in [5.41, 5.74) is 7.03. The first-order chi connectivity index (χ1) is 10.7. The molecule has 112 valence electrons. The van der Waals surface area contributed by atoms with Crippen LogP contribution in [0.25, 0.3) is 0 Å². The van der Waals surface area contributed by atoms with E-state index in [1.807, 2.05) is 24.3 Å². The highest BCUT2D eigenvalue weighted by atomic mass is 16.1. The van der Waals surface area contributed by atoms with Gasteiger partial charge in [0, 0.05) is 11.1 Å². The maximum Gasteiger partial charge on any atom is 0.193 e. The number of hydrogen-bond acceptors (Lipinski definition) is 1. The molecule has 2 aliphatic carbocycles. The minimum absolute atomic E-state index is 0.233. The van der Waals surface area contributed by atoms with E-state index in [1.165, 1.54) is 47.9 Å². The highest BCUT2D eigenvalue weighted by Crippen LogP contribution is 2.46. The summed E-state index contributed by atoms with van der Waals surface area (Å²) in [6, 6.07) is 12.4. The molecule has 2 saturated carbocycles. The molecule has 0 radical (unpaired) electrons. The van der Waals surface area contributed by atoms with E-state index in [4.69, 9.17) is 0 Å². The van der Waals surface area contributed by atoms with Crippen LogP contribution < -0.4 is 0 Å². The Hall–Kier alpha value is -1.89. The summed E-state index contributed by atoms with van der Waals surface area (Å²) in [7, 11) is 0. The Morgan fingerprint density at radius 1 is 0.773 bits per heavy atom. The van der Waals surface area contributed by atoms with Gasteiger partial charge in [-0.15, -0.1) is 0 Å². The molecule has 2 aromatic carbocycles. The molecule has 0 bridgehead atoms. The Kier molecular flexibility index (Phi) is 3.18. The molecule has 0 heterocycles. The van der Waals surface area contributed by atoms with Gasteiger partial charge in [0.15, 0.2) is 5.78 Å². The summed E-state index contributed by atoms with van der Waals surface area (Å²) in [5.74, 6) is 1.44. The van der Waals surface area contributed by atoms with Crippen LogP contribution in [-0.4, -0.2) is 5.78 Å². The van der Waals surface area contributed by atoms with E-state index in [-0.39, 0.29) is 5.78 Å². The highest BCUT2D eigenvalue weighted by molar-refractivity contribution is 6.11. The van der Waals surface area contributed by atoms with Gasteiger partial charge in [0.2, 0.25) is 0 Å². The van der Waals surface area contributed by atoms with Gasteiger partial charge in [0.05, 0.1) is 0 Å². The van der Waals surface area contributed by atoms with Gasteiger partial charge >= 0.3 is 0 Å². The molecule has 22 heavy (non-hydrogen) atoms. The van der Waals surface area contributed by atoms with E-state index < -0.39 is 0 Å². The summed E-state index contributed by atoms with van der Waals surface area (Å²) in [6.45, 7) is 4.28. The molecular weight excluding hydrogens is 268 g/mol. The van der Waals surface area contributed by atoms with Gasteiger partial charge in [-0.05, 0) is 73.6 Å². The zero-order chi connectivity index (χ0) is 15.3. The number of benzene rings is 2. The number of hydrogen-bond donors (Lipinski definition) is 0. The first-order valence-corrected chi connectivity index (χ1v) is 8.40. The van der Waals surface area contributed by atoms with Crippen molar-refractivity contribution in [2.75, 3.05) is 0 Å². The summed E-state index contributed by atoms with van der Waals surface area (Å²) in [5, 5.41) is 0. The van der Waals surface area contributed by atoms with E-state index >= 15 is 0 Å². The fraction of sp³-hybridized carbons (Fsp3) is 0.381. The molecule has 0 aliphatic heterocycles. The Labute approximate surface area is 132 Å². The molecule has 0 aromatic heterocycles. The molecule has 2 fully saturated rings. The van der Waals surface area contributed by atoms with Crippen molar-refractivity contribution in [2.45, 2.75) is 51.4 Å². The molecule has 0 spiro atoms. The van der Waals surface area contributed by atoms with Crippen LogP contribution in [0, 0.1) is 13.8 Å². The predicted molar refractivity (Wildman–Crippen MR) is 89.7 cm³/mol. The Morgan fingerprint density at radius 3 is 1.55 bits per heavy atom. The van der Waals surface area contributed by atoms with Crippen molar-refractivity contribution in [3.63, 3.8) is 0 Å². The lowest BCUT2D eigenvalue weighted by atomic mass is 9.88. The second-order valence-electron chi connectivity index (χ2n) is 6.95. The van der Waals surface area contributed by atoms with Crippen molar-refractivity contribution in [1.29, 1.82) is 0 Å². The summed E-state index contributed by atoms with van der Waals surface area (Å²) >= 11 is 0. The minimum atomic E-state index is 0.233. The maximum absolute atomic E-state index is 13.3. The van der Waals surface area contributed by atoms with Crippen molar-refractivity contribution in [3.8, 4) is 0 Å². The van der Waals surface area contributed by atoms with Crippen LogP contribution in [-0.2, 0) is 0 Å². The molecule has 1 nitrogen and oxygen atoms in total. The Morgan fingerprint density at radius 2 is 1.18 bits per heavy atom. The monoisotopic (exact) mass is 290 g/mol. The molecule has 0 atom stereocenters. The lowest BCUT2D eigenvalue weighted by Crippen LogP contribution is -2.10. The van der Waals surface area contributed by atoms with Gasteiger partial charge in [-0.1, -0.05) is 36.4 Å². The smallest absolute Gasteiger partial charge is 0.193 e. The average molecular weight is 290 g/mol. The third-order valence-corrected chi connectivity index (χ3v) is 5.11. The normalized spacial score (nSPS) is 17.5. The summed E-state index contributed by atoms with van der Waals surface area (Å²) in [4.78, 5) is 13.3. The van der Waals surface area contributed by atoms with Gasteiger partial charge < -0.3 is 0 Å². The first kappa shape index (κ1) is 13.8. The van der Waals surface area contributed by atoms with Crippen molar-refractivity contribution < 1.29 is 4.79 Å². The SMILES string of the molecule is Cc1cccc(C(=O)c2cccc(C)c2C2CC2)c1C1CC1. The first-order valence-electron chi connectivity index (χ1n) is 8.40. The van der Waals surface area contributed by atoms with E-state index in [9.17, 15) is 4.79 Å². The second kappa shape index (κ2) is 5.08. The Bertz CT molecular complexity index is 685. The summed E-state index contributed by atoms with van der Waals surface area (Å²) in [6.07, 6.45) is 4.92. The van der Waals surface area contributed by atoms with Gasteiger partial charge in [0.25, 0.3) is 0 Å². The van der Waals surface area contributed by atoms with Gasteiger partial charge in [0.1, 0.15) is 0 Å². The summed E-state index contributed by atoms with van der Waals surface area (Å²) < 4.78 is 0. The van der Waals surface area contributed by atoms with Crippen LogP contribution in [0.5, 0.6) is 0 Å². The van der Waals surface area contributed by atoms with E-state index in [0.717, 1.165) is 11.1 Å². The fourth-order valence-electron chi connectivity index (χ4n) is 3.73. The minimum Gasteiger partial charge on any atom is -0.289 e. The molecule has 4 rings (SSSR count). The molecule has 0 unspecified atom stereocenters. The van der Waals surface area contributed by atoms with Crippen LogP contribution in [0.4, 0.5) is 0 Å². The van der Waals surface area contributed by atoms with Crippen molar-refractivity contribution in [2.24, 2.45) is 0 Å². The molecule has 2 aromatic rings. The quantitative estimate of drug-likeness (QED) is 0.699. The standard InChI is InChI=1S/C21H22O/c1-13-5-3-7-17(19(13)15-9-10-15)21(22)18-8-4-6-14(2)20(18)16-11-12-16/h3-8,15-16H,9-12H2,1-2H3. The van der Waals surface area contributed by atoms with Crippen molar-refractivity contribution in [1.82, 2.24) is 0 Å². The predicted octanol–water partition coefficient (Wildman–Crippen LogP) is 5.29. The molecule has 1 heteroatoms. The molecular formula is C21H22O. The lowest BCUT2D eigenvalue weighted by Gasteiger charge is -2.15. The topological polar surface area (TPSA) is 17.1 Å². The molecule has 0 N–H and O–H groups in total. The van der Waals surface area contributed by atoms with Crippen LogP contribution in [0.3, 0.4) is 0 Å². The lowest BCUT2D eigenvalue weighted by molar-refractivity contribution is 0.103. The largest absolute Gasteiger partial charge is 0.289 e. The number of ketones is 1. The molecule has 2 aliphatic rings. The number of carbonyl (C=O) groups excluding carboxylic acids is 1. The zero-order valence-electron chi connectivity index (χ0n) is 13.4. The van der Waals surface area contributed by atoms with Crippen molar-refractivity contribution in [3.05, 3.63) is 69.8 Å². The van der Waals surface area contributed by atoms with Crippen molar-refractivity contribution >= 4 is 5.78 Å². The van der Waals surface area contributed by atoms with Gasteiger partial charge in [-0.25, -0.2) is 0 Å². The zero-order valence-corrected chi connectivity index (χ0v) is 13.4. The number of carbonyl (C=O) groups is 1. The Balaban J connectivity index is 1.83. The fourth-order valence-corrected chi connectivity index (χ4v) is 3.73. The third kappa shape index (κ3) is 2.29. The third-order valence-electron chi connectivity index (χ3n) is 5.11. The van der Waals surface area contributed by atoms with E-state index in [1.54, 1.807) is 0 Å². The van der Waals surface area contributed by atoms with Crippen LogP contribution in [0.15, 0.2) is 36.4 Å². The highest BCUT2D eigenvalue weighted by Gasteiger charge is 2.33.